The van der Waals surface area contributed by atoms with Crippen molar-refractivity contribution in [2.75, 3.05) is 0 Å². The second kappa shape index (κ2) is 6.79. The predicted octanol–water partition coefficient (Wildman–Crippen LogP) is 3.53. The number of benzene rings is 1. The Bertz CT molecular complexity index is 762. The molecule has 0 bridgehead atoms. The number of oxazole rings is 1. The van der Waals surface area contributed by atoms with Crippen molar-refractivity contribution in [3.8, 4) is 11.3 Å². The molecule has 3 aromatic rings. The van der Waals surface area contributed by atoms with Crippen molar-refractivity contribution in [1.82, 2.24) is 14.5 Å². The van der Waals surface area contributed by atoms with E-state index in [-0.39, 0.29) is 0 Å². The minimum atomic E-state index is -0.631. The molecule has 0 aliphatic heterocycles. The van der Waals surface area contributed by atoms with E-state index in [4.69, 9.17) is 4.42 Å². The number of hydrogen-bond donors (Lipinski definition) is 1. The fourth-order valence-corrected chi connectivity index (χ4v) is 2.75. The van der Waals surface area contributed by atoms with E-state index in [0.717, 1.165) is 23.4 Å². The average molecular weight is 311 g/mol. The third kappa shape index (κ3) is 3.35. The van der Waals surface area contributed by atoms with Gasteiger partial charge in [0.05, 0.1) is 18.2 Å². The maximum Gasteiger partial charge on any atom is 0.191 e. The molecule has 0 aliphatic carbocycles. The summed E-state index contributed by atoms with van der Waals surface area (Å²) in [5, 5.41) is 10.4. The van der Waals surface area contributed by atoms with Crippen LogP contribution in [0.15, 0.2) is 47.3 Å². The standard InChI is InChI=1S/C18H21N3O2/c1-3-17-18(20-13(2)23-17)16(22)9-10-21-12-19-11-15(21)14-7-5-4-6-8-14/h4-8,11-12,16,22H,3,9-10H2,1-2H3. The predicted molar refractivity (Wildman–Crippen MR) is 87.9 cm³/mol. The van der Waals surface area contributed by atoms with E-state index < -0.39 is 6.10 Å². The van der Waals surface area contributed by atoms with Crippen LogP contribution in [0, 0.1) is 6.92 Å². The summed E-state index contributed by atoms with van der Waals surface area (Å²) >= 11 is 0. The maximum absolute atomic E-state index is 10.4. The van der Waals surface area contributed by atoms with Crippen LogP contribution in [0.1, 0.15) is 36.8 Å². The first-order valence-electron chi connectivity index (χ1n) is 7.89. The molecule has 5 heteroatoms. The summed E-state index contributed by atoms with van der Waals surface area (Å²) in [6, 6.07) is 10.1. The molecule has 0 aliphatic rings. The van der Waals surface area contributed by atoms with E-state index in [9.17, 15) is 5.11 Å². The van der Waals surface area contributed by atoms with Gasteiger partial charge in [0.1, 0.15) is 17.6 Å². The number of hydrogen-bond acceptors (Lipinski definition) is 4. The first kappa shape index (κ1) is 15.5. The molecule has 2 aromatic heterocycles. The first-order chi connectivity index (χ1) is 11.2. The highest BCUT2D eigenvalue weighted by atomic mass is 16.4. The van der Waals surface area contributed by atoms with Crippen LogP contribution in [0.3, 0.4) is 0 Å². The van der Waals surface area contributed by atoms with Gasteiger partial charge in [-0.3, -0.25) is 0 Å². The molecule has 0 fully saturated rings. The van der Waals surface area contributed by atoms with Gasteiger partial charge in [-0.15, -0.1) is 0 Å². The van der Waals surface area contributed by atoms with Crippen molar-refractivity contribution in [3.05, 3.63) is 60.2 Å². The van der Waals surface area contributed by atoms with E-state index in [1.54, 1.807) is 13.3 Å². The van der Waals surface area contributed by atoms with Gasteiger partial charge < -0.3 is 14.1 Å². The number of aryl methyl sites for hydroxylation is 3. The van der Waals surface area contributed by atoms with Gasteiger partial charge >= 0.3 is 0 Å². The number of rotatable bonds is 6. The molecule has 1 N–H and O–H groups in total. The lowest BCUT2D eigenvalue weighted by atomic mass is 10.1. The molecule has 0 saturated heterocycles. The fraction of sp³-hybridized carbons (Fsp3) is 0.333. The summed E-state index contributed by atoms with van der Waals surface area (Å²) in [6.45, 7) is 4.47. The van der Waals surface area contributed by atoms with Gasteiger partial charge in [-0.25, -0.2) is 9.97 Å². The summed E-state index contributed by atoms with van der Waals surface area (Å²) < 4.78 is 7.58. The second-order valence-corrected chi connectivity index (χ2v) is 5.54. The highest BCUT2D eigenvalue weighted by Crippen LogP contribution is 2.24. The van der Waals surface area contributed by atoms with Crippen LogP contribution in [0.25, 0.3) is 11.3 Å². The lowest BCUT2D eigenvalue weighted by molar-refractivity contribution is 0.155. The zero-order chi connectivity index (χ0) is 16.2. The molecule has 3 rings (SSSR count). The Morgan fingerprint density at radius 3 is 2.78 bits per heavy atom. The lowest BCUT2D eigenvalue weighted by Crippen LogP contribution is -2.07. The topological polar surface area (TPSA) is 64.1 Å². The minimum absolute atomic E-state index is 0.565. The zero-order valence-electron chi connectivity index (χ0n) is 13.4. The molecular formula is C18H21N3O2. The average Bonchev–Trinajstić information content (AvgIpc) is 3.19. The highest BCUT2D eigenvalue weighted by Gasteiger charge is 2.18. The Morgan fingerprint density at radius 1 is 1.26 bits per heavy atom. The molecule has 2 heterocycles. The van der Waals surface area contributed by atoms with E-state index >= 15 is 0 Å². The van der Waals surface area contributed by atoms with Crippen LogP contribution >= 0.6 is 0 Å². The zero-order valence-corrected chi connectivity index (χ0v) is 13.4. The van der Waals surface area contributed by atoms with Crippen molar-refractivity contribution in [1.29, 1.82) is 0 Å². The number of aliphatic hydroxyl groups is 1. The number of aromatic nitrogens is 3. The normalized spacial score (nSPS) is 12.5. The largest absolute Gasteiger partial charge is 0.446 e. The molecule has 1 unspecified atom stereocenters. The summed E-state index contributed by atoms with van der Waals surface area (Å²) in [6.07, 6.45) is 4.31. The smallest absolute Gasteiger partial charge is 0.191 e. The molecule has 0 saturated carbocycles. The van der Waals surface area contributed by atoms with E-state index in [0.29, 0.717) is 24.6 Å². The Kier molecular flexibility index (Phi) is 4.57. The molecule has 0 radical (unpaired) electrons. The number of aliphatic hydroxyl groups excluding tert-OH is 1. The molecule has 0 amide bonds. The molecule has 1 aromatic carbocycles. The Balaban J connectivity index is 1.73. The summed E-state index contributed by atoms with van der Waals surface area (Å²) in [5.74, 6) is 1.37. The van der Waals surface area contributed by atoms with Crippen LogP contribution in [0.5, 0.6) is 0 Å². The van der Waals surface area contributed by atoms with Gasteiger partial charge in [-0.1, -0.05) is 37.3 Å². The minimum Gasteiger partial charge on any atom is -0.446 e. The summed E-state index contributed by atoms with van der Waals surface area (Å²) in [4.78, 5) is 8.55. The van der Waals surface area contributed by atoms with Gasteiger partial charge in [0.15, 0.2) is 5.89 Å². The monoisotopic (exact) mass is 311 g/mol. The van der Waals surface area contributed by atoms with Gasteiger partial charge in [0.25, 0.3) is 0 Å². The van der Waals surface area contributed by atoms with Crippen LogP contribution in [0.2, 0.25) is 0 Å². The van der Waals surface area contributed by atoms with Crippen LogP contribution in [0.4, 0.5) is 0 Å². The van der Waals surface area contributed by atoms with E-state index in [1.807, 2.05) is 31.3 Å². The van der Waals surface area contributed by atoms with Crippen molar-refractivity contribution in [2.45, 2.75) is 39.3 Å². The Labute approximate surface area is 135 Å². The van der Waals surface area contributed by atoms with E-state index in [2.05, 4.69) is 26.7 Å². The molecule has 5 nitrogen and oxygen atoms in total. The Hall–Kier alpha value is -2.40. The van der Waals surface area contributed by atoms with E-state index in [1.165, 1.54) is 0 Å². The van der Waals surface area contributed by atoms with Crippen LogP contribution < -0.4 is 0 Å². The third-order valence-corrected chi connectivity index (χ3v) is 3.90. The molecule has 120 valence electrons. The van der Waals surface area contributed by atoms with Crippen LogP contribution in [-0.2, 0) is 13.0 Å². The van der Waals surface area contributed by atoms with Gasteiger partial charge in [-0.2, -0.15) is 0 Å². The van der Waals surface area contributed by atoms with Crippen molar-refractivity contribution in [3.63, 3.8) is 0 Å². The van der Waals surface area contributed by atoms with Crippen molar-refractivity contribution < 1.29 is 9.52 Å². The number of imidazole rings is 1. The highest BCUT2D eigenvalue weighted by molar-refractivity contribution is 5.58. The van der Waals surface area contributed by atoms with Gasteiger partial charge in [0, 0.05) is 19.9 Å². The molecule has 0 spiro atoms. The third-order valence-electron chi connectivity index (χ3n) is 3.90. The van der Waals surface area contributed by atoms with Gasteiger partial charge in [-0.05, 0) is 12.0 Å². The van der Waals surface area contributed by atoms with Gasteiger partial charge in [0.2, 0.25) is 0 Å². The lowest BCUT2D eigenvalue weighted by Gasteiger charge is -2.12. The number of nitrogens with zero attached hydrogens (tertiary/aromatic N) is 3. The van der Waals surface area contributed by atoms with Crippen molar-refractivity contribution in [2.24, 2.45) is 0 Å². The second-order valence-electron chi connectivity index (χ2n) is 5.54. The summed E-state index contributed by atoms with van der Waals surface area (Å²) in [5.41, 5.74) is 2.82. The Morgan fingerprint density at radius 2 is 2.04 bits per heavy atom. The van der Waals surface area contributed by atoms with Crippen molar-refractivity contribution >= 4 is 0 Å². The first-order valence-corrected chi connectivity index (χ1v) is 7.89. The SMILES string of the molecule is CCc1oc(C)nc1C(O)CCn1cncc1-c1ccccc1. The quantitative estimate of drug-likeness (QED) is 0.756. The fourth-order valence-electron chi connectivity index (χ4n) is 2.75. The molecule has 23 heavy (non-hydrogen) atoms. The molecular weight excluding hydrogens is 290 g/mol. The van der Waals surface area contributed by atoms with Crippen LogP contribution in [-0.4, -0.2) is 19.6 Å². The summed E-state index contributed by atoms with van der Waals surface area (Å²) in [7, 11) is 0. The molecule has 1 atom stereocenters. The maximum atomic E-state index is 10.4.